The van der Waals surface area contributed by atoms with Gasteiger partial charge in [0, 0.05) is 18.7 Å². The van der Waals surface area contributed by atoms with Crippen LogP contribution in [0, 0.1) is 0 Å². The topological polar surface area (TPSA) is 122 Å². The molecular formula is C21H23N5O6. The van der Waals surface area contributed by atoms with Gasteiger partial charge in [-0.1, -0.05) is 0 Å². The van der Waals surface area contributed by atoms with E-state index in [1.165, 1.54) is 21.3 Å². The highest BCUT2D eigenvalue weighted by molar-refractivity contribution is 5.87. The van der Waals surface area contributed by atoms with Crippen LogP contribution in [0.15, 0.2) is 28.7 Å². The molecule has 1 saturated heterocycles. The van der Waals surface area contributed by atoms with Crippen molar-refractivity contribution in [2.45, 2.75) is 19.4 Å². The lowest BCUT2D eigenvalue weighted by atomic mass is 10.2. The second-order valence-electron chi connectivity index (χ2n) is 6.96. The Morgan fingerprint density at radius 3 is 2.28 bits per heavy atom. The van der Waals surface area contributed by atoms with Gasteiger partial charge in [0.15, 0.2) is 29.6 Å². The predicted octanol–water partition coefficient (Wildman–Crippen LogP) is 2.51. The van der Waals surface area contributed by atoms with Gasteiger partial charge in [0.25, 0.3) is 5.89 Å². The van der Waals surface area contributed by atoms with E-state index in [1.54, 1.807) is 24.3 Å². The van der Waals surface area contributed by atoms with Crippen LogP contribution in [-0.4, -0.2) is 60.8 Å². The van der Waals surface area contributed by atoms with Crippen LogP contribution in [0.4, 0.5) is 5.82 Å². The smallest absolute Gasteiger partial charge is 0.359 e. The second kappa shape index (κ2) is 9.50. The summed E-state index contributed by atoms with van der Waals surface area (Å²) in [5.41, 5.74) is 0.672. The number of nitrogens with zero attached hydrogens (tertiary/aromatic N) is 5. The SMILES string of the molecule is COc1cc(-c2nnc(COC(=O)c3ccc(N4CCCC4)nn3)o2)cc(OC)c1OC. The van der Waals surface area contributed by atoms with Crippen LogP contribution in [0.3, 0.4) is 0 Å². The van der Waals surface area contributed by atoms with Crippen LogP contribution in [0.25, 0.3) is 11.5 Å². The van der Waals surface area contributed by atoms with Crippen molar-refractivity contribution in [3.05, 3.63) is 35.9 Å². The van der Waals surface area contributed by atoms with Crippen LogP contribution < -0.4 is 19.1 Å². The Morgan fingerprint density at radius 1 is 0.969 bits per heavy atom. The van der Waals surface area contributed by atoms with Gasteiger partial charge in [0.2, 0.25) is 11.6 Å². The summed E-state index contributed by atoms with van der Waals surface area (Å²) in [6.45, 7) is 1.69. The van der Waals surface area contributed by atoms with Gasteiger partial charge in [-0.15, -0.1) is 20.4 Å². The number of methoxy groups -OCH3 is 3. The number of hydrogen-bond acceptors (Lipinski definition) is 11. The predicted molar refractivity (Wildman–Crippen MR) is 112 cm³/mol. The van der Waals surface area contributed by atoms with E-state index in [0.717, 1.165) is 31.7 Å². The molecule has 0 amide bonds. The molecule has 1 aromatic carbocycles. The van der Waals surface area contributed by atoms with Gasteiger partial charge in [-0.25, -0.2) is 4.79 Å². The standard InChI is InChI=1S/C21H23N5O6/c1-28-15-10-13(11-16(29-2)19(15)30-3)20-25-24-18(32-20)12-31-21(27)14-6-7-17(23-22-14)26-8-4-5-9-26/h6-7,10-11H,4-5,8-9,12H2,1-3H3. The third kappa shape index (κ3) is 4.41. The Labute approximate surface area is 184 Å². The fraction of sp³-hybridized carbons (Fsp3) is 0.381. The summed E-state index contributed by atoms with van der Waals surface area (Å²) in [4.78, 5) is 14.4. The molecule has 3 heterocycles. The van der Waals surface area contributed by atoms with Crippen LogP contribution in [0.1, 0.15) is 29.2 Å². The maximum Gasteiger partial charge on any atom is 0.359 e. The molecule has 0 N–H and O–H groups in total. The van der Waals surface area contributed by atoms with Gasteiger partial charge in [-0.2, -0.15) is 0 Å². The molecule has 0 saturated carbocycles. The number of ether oxygens (including phenoxy) is 4. The van der Waals surface area contributed by atoms with E-state index >= 15 is 0 Å². The number of carbonyl (C=O) groups excluding carboxylic acids is 1. The molecule has 32 heavy (non-hydrogen) atoms. The molecule has 1 aliphatic heterocycles. The molecule has 168 valence electrons. The van der Waals surface area contributed by atoms with Gasteiger partial charge in [0.05, 0.1) is 21.3 Å². The van der Waals surface area contributed by atoms with Gasteiger partial charge in [0.1, 0.15) is 0 Å². The molecule has 11 heteroatoms. The second-order valence-corrected chi connectivity index (χ2v) is 6.96. The maximum absolute atomic E-state index is 12.3. The van der Waals surface area contributed by atoms with E-state index in [2.05, 4.69) is 25.3 Å². The van der Waals surface area contributed by atoms with Gasteiger partial charge in [-0.3, -0.25) is 0 Å². The number of aromatic nitrogens is 4. The number of rotatable bonds is 8. The summed E-state index contributed by atoms with van der Waals surface area (Å²) in [5, 5.41) is 16.0. The van der Waals surface area contributed by atoms with Crippen LogP contribution in [0.5, 0.6) is 17.2 Å². The number of hydrogen-bond donors (Lipinski definition) is 0. The Balaban J connectivity index is 1.42. The van der Waals surface area contributed by atoms with Crippen molar-refractivity contribution >= 4 is 11.8 Å². The monoisotopic (exact) mass is 441 g/mol. The summed E-state index contributed by atoms with van der Waals surface area (Å²) >= 11 is 0. The first-order valence-corrected chi connectivity index (χ1v) is 10.0. The van der Waals surface area contributed by atoms with Crippen molar-refractivity contribution in [2.75, 3.05) is 39.3 Å². The first kappa shape index (κ1) is 21.3. The summed E-state index contributed by atoms with van der Waals surface area (Å²) in [6, 6.07) is 6.73. The maximum atomic E-state index is 12.3. The van der Waals surface area contributed by atoms with E-state index in [0.29, 0.717) is 22.8 Å². The average Bonchev–Trinajstić information content (AvgIpc) is 3.54. The molecule has 4 rings (SSSR count). The van der Waals surface area contributed by atoms with Crippen molar-refractivity contribution in [3.63, 3.8) is 0 Å². The number of benzene rings is 1. The van der Waals surface area contributed by atoms with Crippen molar-refractivity contribution in [2.24, 2.45) is 0 Å². The highest BCUT2D eigenvalue weighted by Crippen LogP contribution is 2.40. The Hall–Kier alpha value is -3.89. The van der Waals surface area contributed by atoms with E-state index in [4.69, 9.17) is 23.4 Å². The third-order valence-corrected chi connectivity index (χ3v) is 4.99. The van der Waals surface area contributed by atoms with Crippen LogP contribution >= 0.6 is 0 Å². The van der Waals surface area contributed by atoms with Crippen molar-refractivity contribution < 1.29 is 28.2 Å². The molecule has 1 fully saturated rings. The zero-order chi connectivity index (χ0) is 22.5. The summed E-state index contributed by atoms with van der Waals surface area (Å²) < 4.78 is 26.8. The lowest BCUT2D eigenvalue weighted by Gasteiger charge is -2.14. The zero-order valence-corrected chi connectivity index (χ0v) is 18.0. The molecule has 0 spiro atoms. The van der Waals surface area contributed by atoms with Gasteiger partial charge < -0.3 is 28.3 Å². The summed E-state index contributed by atoms with van der Waals surface area (Å²) in [7, 11) is 4.55. The lowest BCUT2D eigenvalue weighted by Crippen LogP contribution is -2.20. The van der Waals surface area contributed by atoms with E-state index in [1.807, 2.05) is 0 Å². The van der Waals surface area contributed by atoms with Crippen molar-refractivity contribution in [1.29, 1.82) is 0 Å². The number of carbonyl (C=O) groups is 1. The number of esters is 1. The molecule has 0 unspecified atom stereocenters. The quantitative estimate of drug-likeness (QED) is 0.479. The molecule has 3 aromatic rings. The molecule has 11 nitrogen and oxygen atoms in total. The normalized spacial score (nSPS) is 13.2. The fourth-order valence-electron chi connectivity index (χ4n) is 3.38. The van der Waals surface area contributed by atoms with Crippen LogP contribution in [0.2, 0.25) is 0 Å². The highest BCUT2D eigenvalue weighted by atomic mass is 16.5. The Morgan fingerprint density at radius 2 is 1.69 bits per heavy atom. The fourth-order valence-corrected chi connectivity index (χ4v) is 3.38. The van der Waals surface area contributed by atoms with Crippen molar-refractivity contribution in [3.8, 4) is 28.7 Å². The minimum Gasteiger partial charge on any atom is -0.493 e. The Kier molecular flexibility index (Phi) is 6.34. The molecule has 0 aliphatic carbocycles. The summed E-state index contributed by atoms with van der Waals surface area (Å²) in [5.74, 6) is 1.81. The summed E-state index contributed by atoms with van der Waals surface area (Å²) in [6.07, 6.45) is 2.27. The molecule has 2 aromatic heterocycles. The third-order valence-electron chi connectivity index (χ3n) is 4.99. The van der Waals surface area contributed by atoms with Crippen LogP contribution in [-0.2, 0) is 11.3 Å². The van der Waals surface area contributed by atoms with Gasteiger partial charge >= 0.3 is 5.97 Å². The minimum atomic E-state index is -0.627. The Bertz CT molecular complexity index is 1050. The average molecular weight is 441 g/mol. The molecule has 0 bridgehead atoms. The van der Waals surface area contributed by atoms with E-state index < -0.39 is 5.97 Å². The molecular weight excluding hydrogens is 418 g/mol. The lowest BCUT2D eigenvalue weighted by molar-refractivity contribution is 0.0430. The minimum absolute atomic E-state index is 0.109. The zero-order valence-electron chi connectivity index (χ0n) is 18.0. The largest absolute Gasteiger partial charge is 0.493 e. The first-order chi connectivity index (χ1) is 15.6. The van der Waals surface area contributed by atoms with Crippen molar-refractivity contribution in [1.82, 2.24) is 20.4 Å². The van der Waals surface area contributed by atoms with Gasteiger partial charge in [-0.05, 0) is 37.1 Å². The molecule has 1 aliphatic rings. The molecule has 0 atom stereocenters. The first-order valence-electron chi connectivity index (χ1n) is 10.0. The van der Waals surface area contributed by atoms with E-state index in [-0.39, 0.29) is 24.1 Å². The highest BCUT2D eigenvalue weighted by Gasteiger charge is 2.19. The van der Waals surface area contributed by atoms with E-state index in [9.17, 15) is 4.79 Å². The number of anilines is 1. The molecule has 0 radical (unpaired) electrons.